The van der Waals surface area contributed by atoms with Gasteiger partial charge in [0.1, 0.15) is 0 Å². The molecule has 0 bridgehead atoms. The van der Waals surface area contributed by atoms with E-state index in [1.54, 1.807) is 0 Å². The number of carbonyl (C=O) groups excluding carboxylic acids is 1. The Morgan fingerprint density at radius 3 is 2.50 bits per heavy atom. The van der Waals surface area contributed by atoms with Crippen LogP contribution in [0.1, 0.15) is 19.8 Å². The molecule has 0 amide bonds. The summed E-state index contributed by atoms with van der Waals surface area (Å²) >= 11 is 0. The smallest absolute Gasteiger partial charge is 0.320 e. The summed E-state index contributed by atoms with van der Waals surface area (Å²) in [5, 5.41) is 3.39. The molecule has 0 spiro atoms. The molecule has 104 valence electrons. The Hall–Kier alpha value is -0.650. The van der Waals surface area contributed by atoms with Gasteiger partial charge in [-0.3, -0.25) is 14.6 Å². The number of esters is 1. The molecular weight excluding hydrogens is 230 g/mol. The fourth-order valence-electron chi connectivity index (χ4n) is 2.88. The van der Waals surface area contributed by atoms with E-state index in [0.29, 0.717) is 19.2 Å². The van der Waals surface area contributed by atoms with Crippen LogP contribution in [0.5, 0.6) is 0 Å². The molecule has 0 atom stereocenters. The number of ether oxygens (including phenoxy) is 1. The molecule has 2 saturated heterocycles. The highest BCUT2D eigenvalue weighted by atomic mass is 16.5. The van der Waals surface area contributed by atoms with E-state index in [0.717, 1.165) is 26.2 Å². The molecule has 0 unspecified atom stereocenters. The summed E-state index contributed by atoms with van der Waals surface area (Å²) < 4.78 is 4.99. The maximum Gasteiger partial charge on any atom is 0.320 e. The Morgan fingerprint density at radius 1 is 1.22 bits per heavy atom. The monoisotopic (exact) mass is 255 g/mol. The van der Waals surface area contributed by atoms with Crippen LogP contribution in [0.3, 0.4) is 0 Å². The van der Waals surface area contributed by atoms with E-state index in [9.17, 15) is 4.79 Å². The molecule has 2 aliphatic heterocycles. The van der Waals surface area contributed by atoms with Crippen molar-refractivity contribution in [1.82, 2.24) is 15.1 Å². The summed E-state index contributed by atoms with van der Waals surface area (Å²) in [5.41, 5.74) is 0. The van der Waals surface area contributed by atoms with Crippen LogP contribution in [0.2, 0.25) is 0 Å². The van der Waals surface area contributed by atoms with Crippen molar-refractivity contribution in [2.75, 3.05) is 52.4 Å². The van der Waals surface area contributed by atoms with Crippen molar-refractivity contribution in [3.8, 4) is 0 Å². The van der Waals surface area contributed by atoms with Crippen molar-refractivity contribution in [3.05, 3.63) is 0 Å². The average Bonchev–Trinajstić information content (AvgIpc) is 2.41. The standard InChI is InChI=1S/C13H25N3O2/c1-2-18-13(17)11-15-7-3-12(4-8-15)16-9-5-14-6-10-16/h12,14H,2-11H2,1H3. The average molecular weight is 255 g/mol. The molecule has 2 fully saturated rings. The van der Waals surface area contributed by atoms with Gasteiger partial charge in [0.15, 0.2) is 0 Å². The molecule has 0 saturated carbocycles. The van der Waals surface area contributed by atoms with Crippen LogP contribution < -0.4 is 5.32 Å². The molecule has 1 N–H and O–H groups in total. The summed E-state index contributed by atoms with van der Waals surface area (Å²) in [6.07, 6.45) is 2.36. The van der Waals surface area contributed by atoms with Crippen molar-refractivity contribution < 1.29 is 9.53 Å². The Balaban J connectivity index is 1.69. The van der Waals surface area contributed by atoms with Gasteiger partial charge in [0.05, 0.1) is 13.2 Å². The molecule has 2 aliphatic rings. The molecule has 5 heteroatoms. The van der Waals surface area contributed by atoms with Gasteiger partial charge in [-0.05, 0) is 19.8 Å². The van der Waals surface area contributed by atoms with Crippen LogP contribution in [-0.2, 0) is 9.53 Å². The molecule has 5 nitrogen and oxygen atoms in total. The van der Waals surface area contributed by atoms with E-state index in [-0.39, 0.29) is 5.97 Å². The van der Waals surface area contributed by atoms with Gasteiger partial charge in [-0.15, -0.1) is 0 Å². The van der Waals surface area contributed by atoms with Crippen molar-refractivity contribution >= 4 is 5.97 Å². The number of nitrogens with one attached hydrogen (secondary N) is 1. The Labute approximate surface area is 109 Å². The highest BCUT2D eigenvalue weighted by Gasteiger charge is 2.26. The molecule has 2 rings (SSSR count). The number of likely N-dealkylation sites (tertiary alicyclic amines) is 1. The summed E-state index contributed by atoms with van der Waals surface area (Å²) in [4.78, 5) is 16.2. The highest BCUT2D eigenvalue weighted by molar-refractivity contribution is 5.71. The van der Waals surface area contributed by atoms with Crippen molar-refractivity contribution in [3.63, 3.8) is 0 Å². The number of hydrogen-bond acceptors (Lipinski definition) is 5. The molecule has 0 aromatic carbocycles. The Kier molecular flexibility index (Phi) is 5.41. The Bertz CT molecular complexity index is 259. The number of piperazine rings is 1. The van der Waals surface area contributed by atoms with E-state index >= 15 is 0 Å². The molecule has 0 aromatic rings. The first-order valence-corrected chi connectivity index (χ1v) is 7.12. The van der Waals surface area contributed by atoms with Crippen LogP contribution in [0.15, 0.2) is 0 Å². The van der Waals surface area contributed by atoms with Gasteiger partial charge in [-0.2, -0.15) is 0 Å². The first kappa shape index (κ1) is 13.8. The van der Waals surface area contributed by atoms with Crippen LogP contribution in [0.4, 0.5) is 0 Å². The Morgan fingerprint density at radius 2 is 1.89 bits per heavy atom. The maximum absolute atomic E-state index is 11.4. The van der Waals surface area contributed by atoms with Gasteiger partial charge < -0.3 is 10.1 Å². The number of piperidine rings is 1. The van der Waals surface area contributed by atoms with Gasteiger partial charge in [0.25, 0.3) is 0 Å². The summed E-state index contributed by atoms with van der Waals surface area (Å²) in [7, 11) is 0. The maximum atomic E-state index is 11.4. The number of carbonyl (C=O) groups is 1. The summed E-state index contributed by atoms with van der Waals surface area (Å²) in [5.74, 6) is -0.0851. The molecule has 0 radical (unpaired) electrons. The number of nitrogens with zero attached hydrogens (tertiary/aromatic N) is 2. The lowest BCUT2D eigenvalue weighted by Gasteiger charge is -2.40. The van der Waals surface area contributed by atoms with Crippen LogP contribution in [0, 0.1) is 0 Å². The predicted octanol–water partition coefficient (Wildman–Crippen LogP) is -0.0809. The van der Waals surface area contributed by atoms with Crippen molar-refractivity contribution in [1.29, 1.82) is 0 Å². The second-order valence-electron chi connectivity index (χ2n) is 5.10. The quantitative estimate of drug-likeness (QED) is 0.712. The fourth-order valence-corrected chi connectivity index (χ4v) is 2.88. The van der Waals surface area contributed by atoms with E-state index in [1.165, 1.54) is 25.9 Å². The molecule has 2 heterocycles. The van der Waals surface area contributed by atoms with E-state index in [2.05, 4.69) is 15.1 Å². The predicted molar refractivity (Wildman–Crippen MR) is 70.5 cm³/mol. The molecule has 0 aliphatic carbocycles. The largest absolute Gasteiger partial charge is 0.465 e. The zero-order valence-electron chi connectivity index (χ0n) is 11.4. The zero-order valence-corrected chi connectivity index (χ0v) is 11.4. The lowest BCUT2D eigenvalue weighted by molar-refractivity contribution is -0.144. The first-order chi connectivity index (χ1) is 8.79. The minimum atomic E-state index is -0.0851. The second kappa shape index (κ2) is 7.07. The van der Waals surface area contributed by atoms with Gasteiger partial charge in [0.2, 0.25) is 0 Å². The minimum absolute atomic E-state index is 0.0851. The van der Waals surface area contributed by atoms with Gasteiger partial charge in [-0.25, -0.2) is 0 Å². The molecule has 18 heavy (non-hydrogen) atoms. The second-order valence-corrected chi connectivity index (χ2v) is 5.10. The minimum Gasteiger partial charge on any atom is -0.465 e. The van der Waals surface area contributed by atoms with Crippen molar-refractivity contribution in [2.45, 2.75) is 25.8 Å². The van der Waals surface area contributed by atoms with E-state index < -0.39 is 0 Å². The zero-order chi connectivity index (χ0) is 12.8. The van der Waals surface area contributed by atoms with Crippen molar-refractivity contribution in [2.24, 2.45) is 0 Å². The van der Waals surface area contributed by atoms with E-state index in [4.69, 9.17) is 4.74 Å². The first-order valence-electron chi connectivity index (χ1n) is 7.12. The van der Waals surface area contributed by atoms with Crippen LogP contribution in [-0.4, -0.2) is 74.2 Å². The van der Waals surface area contributed by atoms with E-state index in [1.807, 2.05) is 6.92 Å². The van der Waals surface area contributed by atoms with Crippen LogP contribution in [0.25, 0.3) is 0 Å². The van der Waals surface area contributed by atoms with Gasteiger partial charge >= 0.3 is 5.97 Å². The summed E-state index contributed by atoms with van der Waals surface area (Å²) in [6, 6.07) is 0.713. The van der Waals surface area contributed by atoms with Gasteiger partial charge in [0, 0.05) is 45.3 Å². The molecule has 0 aromatic heterocycles. The van der Waals surface area contributed by atoms with Gasteiger partial charge in [-0.1, -0.05) is 0 Å². The highest BCUT2D eigenvalue weighted by Crippen LogP contribution is 2.16. The fraction of sp³-hybridized carbons (Fsp3) is 0.923. The number of rotatable bonds is 4. The third kappa shape index (κ3) is 3.93. The van der Waals surface area contributed by atoms with Crippen LogP contribution >= 0.6 is 0 Å². The lowest BCUT2D eigenvalue weighted by atomic mass is 10.0. The third-order valence-corrected chi connectivity index (χ3v) is 3.88. The summed E-state index contributed by atoms with van der Waals surface area (Å²) in [6.45, 7) is 9.41. The topological polar surface area (TPSA) is 44.8 Å². The lowest BCUT2D eigenvalue weighted by Crippen LogP contribution is -2.52. The normalized spacial score (nSPS) is 24.1. The third-order valence-electron chi connectivity index (χ3n) is 3.88. The molecular formula is C13H25N3O2. The SMILES string of the molecule is CCOC(=O)CN1CCC(N2CCNCC2)CC1. The number of hydrogen-bond donors (Lipinski definition) is 1.